The first-order valence-corrected chi connectivity index (χ1v) is 10.7. The van der Waals surface area contributed by atoms with E-state index in [0.717, 1.165) is 25.0 Å². The van der Waals surface area contributed by atoms with E-state index in [-0.39, 0.29) is 5.04 Å². The highest BCUT2D eigenvalue weighted by Gasteiger charge is 2.36. The molecule has 21 heavy (non-hydrogen) atoms. The summed E-state index contributed by atoms with van der Waals surface area (Å²) < 4.78 is 6.11. The molecule has 0 heterocycles. The predicted molar refractivity (Wildman–Crippen MR) is 93.9 cm³/mol. The fraction of sp³-hybridized carbons (Fsp3) is 0.556. The quantitative estimate of drug-likeness (QED) is 0.575. The van der Waals surface area contributed by atoms with Gasteiger partial charge in [0.1, 0.15) is 0 Å². The van der Waals surface area contributed by atoms with E-state index in [1.807, 2.05) is 42.5 Å². The average molecular weight is 307 g/mol. The Morgan fingerprint density at radius 3 is 2.38 bits per heavy atom. The highest BCUT2D eigenvalue weighted by atomic mass is 28.4. The Bertz CT molecular complexity index is 432. The van der Waals surface area contributed by atoms with E-state index in [4.69, 9.17) is 4.43 Å². The van der Waals surface area contributed by atoms with Crippen molar-refractivity contribution < 1.29 is 9.53 Å². The first-order chi connectivity index (χ1) is 9.72. The van der Waals surface area contributed by atoms with Crippen LogP contribution in [0.25, 0.3) is 6.08 Å². The molecule has 1 aromatic rings. The molecule has 0 amide bonds. The fourth-order valence-corrected chi connectivity index (χ4v) is 2.81. The molecule has 0 saturated carbocycles. The number of aliphatic hydroxyl groups is 1. The van der Waals surface area contributed by atoms with E-state index >= 15 is 0 Å². The summed E-state index contributed by atoms with van der Waals surface area (Å²) in [5.74, 6) is 0. The molecule has 3 heteroatoms. The molecule has 0 aliphatic rings. The van der Waals surface area contributed by atoms with Gasteiger partial charge in [0.05, 0.1) is 6.10 Å². The van der Waals surface area contributed by atoms with Crippen LogP contribution in [-0.2, 0) is 4.43 Å². The van der Waals surface area contributed by atoms with Crippen LogP contribution >= 0.6 is 0 Å². The third-order valence-corrected chi connectivity index (χ3v) is 8.76. The van der Waals surface area contributed by atoms with Gasteiger partial charge in [-0.25, -0.2) is 0 Å². The normalized spacial score (nSPS) is 14.6. The fourth-order valence-electron chi connectivity index (χ4n) is 1.72. The molecule has 0 bridgehead atoms. The summed E-state index contributed by atoms with van der Waals surface area (Å²) in [5, 5.41) is 10.2. The Morgan fingerprint density at radius 2 is 1.81 bits per heavy atom. The van der Waals surface area contributed by atoms with E-state index in [1.54, 1.807) is 0 Å². The molecule has 0 unspecified atom stereocenters. The summed E-state index contributed by atoms with van der Waals surface area (Å²) in [7, 11) is -1.65. The van der Waals surface area contributed by atoms with E-state index in [0.29, 0.717) is 0 Å². The van der Waals surface area contributed by atoms with Gasteiger partial charge < -0.3 is 9.53 Å². The minimum absolute atomic E-state index is 0.249. The molecule has 0 aliphatic carbocycles. The highest BCUT2D eigenvalue weighted by Crippen LogP contribution is 2.36. The largest absolute Gasteiger partial charge is 0.417 e. The van der Waals surface area contributed by atoms with Crippen LogP contribution in [0.2, 0.25) is 18.1 Å². The lowest BCUT2D eigenvalue weighted by Gasteiger charge is -2.36. The molecule has 0 fully saturated rings. The molecule has 2 nitrogen and oxygen atoms in total. The molecule has 0 spiro atoms. The number of rotatable bonds is 7. The maximum absolute atomic E-state index is 9.97. The zero-order valence-corrected chi connectivity index (χ0v) is 15.1. The smallest absolute Gasteiger partial charge is 0.191 e. The van der Waals surface area contributed by atoms with Gasteiger partial charge in [-0.2, -0.15) is 0 Å². The predicted octanol–water partition coefficient (Wildman–Crippen LogP) is 4.86. The number of hydrogen-bond acceptors (Lipinski definition) is 2. The Labute approximate surface area is 131 Å². The zero-order chi connectivity index (χ0) is 15.9. The molecule has 0 aromatic heterocycles. The Balaban J connectivity index is 2.28. The van der Waals surface area contributed by atoms with E-state index in [9.17, 15) is 5.11 Å². The first-order valence-electron chi connectivity index (χ1n) is 7.78. The second-order valence-electron chi connectivity index (χ2n) is 7.09. The van der Waals surface area contributed by atoms with Crippen molar-refractivity contribution in [1.29, 1.82) is 0 Å². The molecular formula is C18H30O2Si. The summed E-state index contributed by atoms with van der Waals surface area (Å²) in [4.78, 5) is 0. The maximum atomic E-state index is 9.97. The Kier molecular flexibility index (Phi) is 6.85. The van der Waals surface area contributed by atoms with Gasteiger partial charge in [0.15, 0.2) is 8.32 Å². The number of hydrogen-bond donors (Lipinski definition) is 1. The van der Waals surface area contributed by atoms with E-state index in [2.05, 4.69) is 33.9 Å². The van der Waals surface area contributed by atoms with Gasteiger partial charge in [0.2, 0.25) is 0 Å². The molecule has 0 aliphatic heterocycles. The van der Waals surface area contributed by atoms with Crippen molar-refractivity contribution in [3.8, 4) is 0 Å². The van der Waals surface area contributed by atoms with Crippen molar-refractivity contribution in [3.05, 3.63) is 42.0 Å². The maximum Gasteiger partial charge on any atom is 0.191 e. The van der Waals surface area contributed by atoms with Gasteiger partial charge in [-0.15, -0.1) is 0 Å². The number of benzene rings is 1. The Hall–Kier alpha value is -0.903. The van der Waals surface area contributed by atoms with Crippen LogP contribution in [0.4, 0.5) is 0 Å². The molecule has 118 valence electrons. The third-order valence-electron chi connectivity index (χ3n) is 4.22. The van der Waals surface area contributed by atoms with Crippen molar-refractivity contribution >= 4 is 14.4 Å². The molecule has 1 N–H and O–H groups in total. The number of aliphatic hydroxyl groups excluding tert-OH is 1. The summed E-state index contributed by atoms with van der Waals surface area (Å²) >= 11 is 0. The van der Waals surface area contributed by atoms with Gasteiger partial charge in [0.25, 0.3) is 0 Å². The lowest BCUT2D eigenvalue weighted by Crippen LogP contribution is -2.41. The SMILES string of the molecule is CC(C)(C)[Si](C)(C)OCCC[C@@H](O)/C=C\c1ccccc1. The van der Waals surface area contributed by atoms with Crippen LogP contribution < -0.4 is 0 Å². The van der Waals surface area contributed by atoms with Gasteiger partial charge in [0, 0.05) is 6.61 Å². The highest BCUT2D eigenvalue weighted by molar-refractivity contribution is 6.74. The monoisotopic (exact) mass is 306 g/mol. The lowest BCUT2D eigenvalue weighted by atomic mass is 10.1. The zero-order valence-electron chi connectivity index (χ0n) is 14.1. The summed E-state index contributed by atoms with van der Waals surface area (Å²) in [6, 6.07) is 10.1. The minimum atomic E-state index is -1.65. The van der Waals surface area contributed by atoms with Gasteiger partial charge >= 0.3 is 0 Å². The average Bonchev–Trinajstić information content (AvgIpc) is 2.41. The molecule has 0 radical (unpaired) electrons. The van der Waals surface area contributed by atoms with Gasteiger partial charge in [-0.1, -0.05) is 63.3 Å². The second kappa shape index (κ2) is 7.92. The topological polar surface area (TPSA) is 29.5 Å². The van der Waals surface area contributed by atoms with E-state index in [1.165, 1.54) is 0 Å². The third kappa shape index (κ3) is 6.59. The lowest BCUT2D eigenvalue weighted by molar-refractivity contribution is 0.192. The second-order valence-corrected chi connectivity index (χ2v) is 11.9. The minimum Gasteiger partial charge on any atom is -0.417 e. The van der Waals surface area contributed by atoms with Crippen LogP contribution in [0, 0.1) is 0 Å². The summed E-state index contributed by atoms with van der Waals surface area (Å²) in [6.07, 6.45) is 5.08. The molecule has 1 rings (SSSR count). The first kappa shape index (κ1) is 18.1. The Morgan fingerprint density at radius 1 is 1.19 bits per heavy atom. The van der Waals surface area contributed by atoms with Crippen LogP contribution in [-0.4, -0.2) is 26.1 Å². The van der Waals surface area contributed by atoms with Crippen LogP contribution in [0.15, 0.2) is 36.4 Å². The summed E-state index contributed by atoms with van der Waals surface area (Å²) in [5.41, 5.74) is 1.12. The van der Waals surface area contributed by atoms with Crippen molar-refractivity contribution in [1.82, 2.24) is 0 Å². The molecule has 0 saturated heterocycles. The van der Waals surface area contributed by atoms with Crippen molar-refractivity contribution in [2.45, 2.75) is 57.8 Å². The van der Waals surface area contributed by atoms with Gasteiger partial charge in [-0.3, -0.25) is 0 Å². The molecule has 1 atom stereocenters. The van der Waals surface area contributed by atoms with Gasteiger partial charge in [-0.05, 0) is 36.5 Å². The van der Waals surface area contributed by atoms with Crippen LogP contribution in [0.1, 0.15) is 39.2 Å². The van der Waals surface area contributed by atoms with E-state index < -0.39 is 14.4 Å². The molecular weight excluding hydrogens is 276 g/mol. The standard InChI is InChI=1S/C18H30O2Si/c1-18(2,3)21(4,5)20-15-9-12-17(19)14-13-16-10-7-6-8-11-16/h6-8,10-11,13-14,17,19H,9,12,15H2,1-5H3/b14-13-/t17-/m1/s1. The molecule has 1 aromatic carbocycles. The van der Waals surface area contributed by atoms with Crippen molar-refractivity contribution in [2.24, 2.45) is 0 Å². The van der Waals surface area contributed by atoms with Crippen LogP contribution in [0.5, 0.6) is 0 Å². The van der Waals surface area contributed by atoms with Crippen LogP contribution in [0.3, 0.4) is 0 Å². The summed E-state index contributed by atoms with van der Waals surface area (Å²) in [6.45, 7) is 12.0. The van der Waals surface area contributed by atoms with Crippen molar-refractivity contribution in [2.75, 3.05) is 6.61 Å². The van der Waals surface area contributed by atoms with Crippen molar-refractivity contribution in [3.63, 3.8) is 0 Å².